The second-order valence-corrected chi connectivity index (χ2v) is 5.33. The molecule has 22 heavy (non-hydrogen) atoms. The molecule has 1 N–H and O–H groups in total. The van der Waals surface area contributed by atoms with Crippen LogP contribution in [0.15, 0.2) is 24.7 Å². The number of imidazole rings is 1. The standard InChI is InChI=1S/C15H13F2N5/c1-18-14-9(6-19-7-20-14)15-21-12-4-10(16)11(17)5-13(12)22(15)8-2-3-8/h4-8H,2-3H2,1H3,(H,18,19,20). The Kier molecular flexibility index (Phi) is 2.82. The topological polar surface area (TPSA) is 55.6 Å². The SMILES string of the molecule is CNc1ncncc1-c1nc2cc(F)c(F)cc2n1C1CC1. The molecular formula is C15H13F2N5. The van der Waals surface area contributed by atoms with Gasteiger partial charge in [0.25, 0.3) is 0 Å². The third-order valence-corrected chi connectivity index (χ3v) is 3.83. The van der Waals surface area contributed by atoms with E-state index >= 15 is 0 Å². The van der Waals surface area contributed by atoms with Gasteiger partial charge in [0.05, 0.1) is 16.6 Å². The lowest BCUT2D eigenvalue weighted by Crippen LogP contribution is -2.02. The van der Waals surface area contributed by atoms with Crippen molar-refractivity contribution in [3.05, 3.63) is 36.3 Å². The van der Waals surface area contributed by atoms with Crippen molar-refractivity contribution in [2.45, 2.75) is 18.9 Å². The first-order chi connectivity index (χ1) is 10.7. The lowest BCUT2D eigenvalue weighted by Gasteiger charge is -2.10. The van der Waals surface area contributed by atoms with Crippen LogP contribution in [0.25, 0.3) is 22.4 Å². The highest BCUT2D eigenvalue weighted by molar-refractivity contribution is 5.83. The van der Waals surface area contributed by atoms with Crippen molar-refractivity contribution < 1.29 is 8.78 Å². The molecule has 4 rings (SSSR count). The summed E-state index contributed by atoms with van der Waals surface area (Å²) in [6.45, 7) is 0. The molecule has 2 aromatic heterocycles. The Hall–Kier alpha value is -2.57. The molecule has 1 aliphatic rings. The number of hydrogen-bond donors (Lipinski definition) is 1. The maximum absolute atomic E-state index is 13.6. The summed E-state index contributed by atoms with van der Waals surface area (Å²) in [4.78, 5) is 12.7. The van der Waals surface area contributed by atoms with Crippen molar-refractivity contribution in [3.63, 3.8) is 0 Å². The molecule has 0 atom stereocenters. The summed E-state index contributed by atoms with van der Waals surface area (Å²) in [5.74, 6) is -0.489. The van der Waals surface area contributed by atoms with E-state index < -0.39 is 11.6 Å². The molecule has 0 radical (unpaired) electrons. The van der Waals surface area contributed by atoms with Crippen LogP contribution >= 0.6 is 0 Å². The fourth-order valence-corrected chi connectivity index (χ4v) is 2.68. The van der Waals surface area contributed by atoms with E-state index in [-0.39, 0.29) is 6.04 Å². The third-order valence-electron chi connectivity index (χ3n) is 3.83. The molecule has 0 aliphatic heterocycles. The van der Waals surface area contributed by atoms with Gasteiger partial charge in [0.1, 0.15) is 18.0 Å². The molecule has 0 unspecified atom stereocenters. The molecule has 0 saturated heterocycles. The number of nitrogens with one attached hydrogen (secondary N) is 1. The summed E-state index contributed by atoms with van der Waals surface area (Å²) in [6, 6.07) is 2.60. The van der Waals surface area contributed by atoms with E-state index in [1.54, 1.807) is 13.2 Å². The zero-order valence-electron chi connectivity index (χ0n) is 11.8. The van der Waals surface area contributed by atoms with E-state index in [1.807, 2.05) is 4.57 Å². The maximum atomic E-state index is 13.6. The summed E-state index contributed by atoms with van der Waals surface area (Å²) in [5, 5.41) is 3.00. The molecule has 2 heterocycles. The van der Waals surface area contributed by atoms with Gasteiger partial charge >= 0.3 is 0 Å². The molecule has 7 heteroatoms. The number of halogens is 2. The number of rotatable bonds is 3. The average molecular weight is 301 g/mol. The van der Waals surface area contributed by atoms with Crippen molar-refractivity contribution >= 4 is 16.9 Å². The Bertz CT molecular complexity index is 870. The fraction of sp³-hybridized carbons (Fsp3) is 0.267. The number of fused-ring (bicyclic) bond motifs is 1. The first kappa shape index (κ1) is 13.1. The van der Waals surface area contributed by atoms with Crippen molar-refractivity contribution in [1.29, 1.82) is 0 Å². The largest absolute Gasteiger partial charge is 0.372 e. The van der Waals surface area contributed by atoms with E-state index in [9.17, 15) is 8.78 Å². The molecule has 0 bridgehead atoms. The normalized spacial score (nSPS) is 14.5. The van der Waals surface area contributed by atoms with E-state index in [0.29, 0.717) is 28.2 Å². The number of anilines is 1. The zero-order valence-corrected chi connectivity index (χ0v) is 11.8. The summed E-state index contributed by atoms with van der Waals surface area (Å²) in [7, 11) is 1.76. The molecule has 1 aliphatic carbocycles. The Morgan fingerprint density at radius 2 is 2.00 bits per heavy atom. The van der Waals surface area contributed by atoms with Gasteiger partial charge in [-0.05, 0) is 12.8 Å². The molecule has 0 spiro atoms. The highest BCUT2D eigenvalue weighted by Crippen LogP contribution is 2.42. The molecule has 5 nitrogen and oxygen atoms in total. The number of benzene rings is 1. The minimum absolute atomic E-state index is 0.259. The van der Waals surface area contributed by atoms with Crippen LogP contribution in [-0.4, -0.2) is 26.6 Å². The van der Waals surface area contributed by atoms with Gasteiger partial charge in [-0.2, -0.15) is 0 Å². The van der Waals surface area contributed by atoms with Gasteiger partial charge < -0.3 is 9.88 Å². The van der Waals surface area contributed by atoms with Crippen LogP contribution in [0.4, 0.5) is 14.6 Å². The Morgan fingerprint density at radius 1 is 1.23 bits per heavy atom. The van der Waals surface area contributed by atoms with Gasteiger partial charge in [-0.15, -0.1) is 0 Å². The monoisotopic (exact) mass is 301 g/mol. The minimum atomic E-state index is -0.891. The van der Waals surface area contributed by atoms with Crippen LogP contribution in [-0.2, 0) is 0 Å². The summed E-state index contributed by atoms with van der Waals surface area (Å²) >= 11 is 0. The Morgan fingerprint density at radius 3 is 2.73 bits per heavy atom. The third kappa shape index (κ3) is 1.93. The fourth-order valence-electron chi connectivity index (χ4n) is 2.68. The van der Waals surface area contributed by atoms with Crippen molar-refractivity contribution in [2.24, 2.45) is 0 Å². The van der Waals surface area contributed by atoms with E-state index in [4.69, 9.17) is 0 Å². The maximum Gasteiger partial charge on any atom is 0.161 e. The van der Waals surface area contributed by atoms with Gasteiger partial charge in [-0.1, -0.05) is 0 Å². The molecule has 3 aromatic rings. The van der Waals surface area contributed by atoms with Gasteiger partial charge in [0.15, 0.2) is 11.6 Å². The van der Waals surface area contributed by atoms with Crippen LogP contribution in [0, 0.1) is 11.6 Å². The molecule has 1 aromatic carbocycles. The van der Waals surface area contributed by atoms with Gasteiger partial charge in [0.2, 0.25) is 0 Å². The predicted octanol–water partition coefficient (Wildman–Crippen LogP) is 3.15. The van der Waals surface area contributed by atoms with Crippen molar-refractivity contribution in [3.8, 4) is 11.4 Å². The van der Waals surface area contributed by atoms with E-state index in [1.165, 1.54) is 12.4 Å². The van der Waals surface area contributed by atoms with E-state index in [0.717, 1.165) is 18.9 Å². The number of aromatic nitrogens is 4. The summed E-state index contributed by atoms with van der Waals surface area (Å²) < 4.78 is 29.1. The smallest absolute Gasteiger partial charge is 0.161 e. The quantitative estimate of drug-likeness (QED) is 0.807. The van der Waals surface area contributed by atoms with E-state index in [2.05, 4.69) is 20.3 Å². The zero-order chi connectivity index (χ0) is 15.3. The van der Waals surface area contributed by atoms with Crippen LogP contribution in [0.1, 0.15) is 18.9 Å². The number of nitrogens with zero attached hydrogens (tertiary/aromatic N) is 4. The first-order valence-electron chi connectivity index (χ1n) is 7.04. The lowest BCUT2D eigenvalue weighted by atomic mass is 10.2. The minimum Gasteiger partial charge on any atom is -0.372 e. The second-order valence-electron chi connectivity index (χ2n) is 5.33. The lowest BCUT2D eigenvalue weighted by molar-refractivity contribution is 0.510. The summed E-state index contributed by atoms with van der Waals surface area (Å²) in [5.41, 5.74) is 1.75. The van der Waals surface area contributed by atoms with Crippen molar-refractivity contribution in [1.82, 2.24) is 19.5 Å². The number of hydrogen-bond acceptors (Lipinski definition) is 4. The Balaban J connectivity index is 2.03. The summed E-state index contributed by atoms with van der Waals surface area (Å²) in [6.07, 6.45) is 5.10. The van der Waals surface area contributed by atoms with Crippen LogP contribution in [0.2, 0.25) is 0 Å². The van der Waals surface area contributed by atoms with Gasteiger partial charge in [-0.3, -0.25) is 0 Å². The molecule has 1 fully saturated rings. The average Bonchev–Trinajstić information content (AvgIpc) is 3.30. The first-order valence-corrected chi connectivity index (χ1v) is 7.04. The highest BCUT2D eigenvalue weighted by atomic mass is 19.2. The Labute approximate surface area is 125 Å². The molecule has 1 saturated carbocycles. The molecule has 0 amide bonds. The molecular weight excluding hydrogens is 288 g/mol. The second kappa shape index (κ2) is 4.72. The highest BCUT2D eigenvalue weighted by Gasteiger charge is 2.30. The molecule has 112 valence electrons. The van der Waals surface area contributed by atoms with Gasteiger partial charge in [0, 0.05) is 31.4 Å². The van der Waals surface area contributed by atoms with Gasteiger partial charge in [-0.25, -0.2) is 23.7 Å². The predicted molar refractivity (Wildman–Crippen MR) is 78.5 cm³/mol. The van der Waals surface area contributed by atoms with Crippen LogP contribution < -0.4 is 5.32 Å². The van der Waals surface area contributed by atoms with Crippen LogP contribution in [0.5, 0.6) is 0 Å². The van der Waals surface area contributed by atoms with Crippen LogP contribution in [0.3, 0.4) is 0 Å². The van der Waals surface area contributed by atoms with Crippen molar-refractivity contribution in [2.75, 3.05) is 12.4 Å².